The van der Waals surface area contributed by atoms with E-state index in [-0.39, 0.29) is 5.43 Å². The molecule has 0 amide bonds. The molecule has 108 valence electrons. The molecule has 1 saturated heterocycles. The third-order valence-electron chi connectivity index (χ3n) is 3.68. The summed E-state index contributed by atoms with van der Waals surface area (Å²) in [7, 11) is 0. The van der Waals surface area contributed by atoms with Crippen LogP contribution in [0.4, 0.5) is 5.95 Å². The Morgan fingerprint density at radius 3 is 2.38 bits per heavy atom. The lowest BCUT2D eigenvalue weighted by molar-refractivity contribution is 0.248. The van der Waals surface area contributed by atoms with Gasteiger partial charge in [0.25, 0.3) is 0 Å². The Bertz CT molecular complexity index is 639. The highest BCUT2D eigenvalue weighted by atomic mass is 16.1. The van der Waals surface area contributed by atoms with E-state index in [2.05, 4.69) is 19.8 Å². The van der Waals surface area contributed by atoms with Gasteiger partial charge in [0.2, 0.25) is 5.95 Å². The van der Waals surface area contributed by atoms with Crippen molar-refractivity contribution in [3.05, 3.63) is 64.6 Å². The third-order valence-corrected chi connectivity index (χ3v) is 3.68. The molecule has 1 aromatic heterocycles. The van der Waals surface area contributed by atoms with Gasteiger partial charge in [-0.3, -0.25) is 9.69 Å². The molecule has 0 aliphatic carbocycles. The Balaban J connectivity index is 1.62. The van der Waals surface area contributed by atoms with Gasteiger partial charge in [-0.25, -0.2) is 9.97 Å². The fourth-order valence-electron chi connectivity index (χ4n) is 2.50. The minimum Gasteiger partial charge on any atom is -0.338 e. The Morgan fingerprint density at radius 1 is 0.905 bits per heavy atom. The molecular formula is C16H18N4O. The molecule has 1 aliphatic heterocycles. The number of rotatable bonds is 3. The van der Waals surface area contributed by atoms with E-state index < -0.39 is 0 Å². The Morgan fingerprint density at radius 2 is 1.62 bits per heavy atom. The second-order valence-corrected chi connectivity index (χ2v) is 5.11. The van der Waals surface area contributed by atoms with Gasteiger partial charge in [-0.1, -0.05) is 24.3 Å². The topological polar surface area (TPSA) is 49.3 Å². The molecule has 1 aliphatic rings. The summed E-state index contributed by atoms with van der Waals surface area (Å²) in [6, 6.07) is 11.0. The second kappa shape index (κ2) is 6.45. The van der Waals surface area contributed by atoms with Crippen molar-refractivity contribution in [2.45, 2.75) is 6.54 Å². The summed E-state index contributed by atoms with van der Waals surface area (Å²) in [6.45, 7) is 4.30. The van der Waals surface area contributed by atoms with Crippen LogP contribution in [-0.2, 0) is 6.54 Å². The van der Waals surface area contributed by atoms with Crippen LogP contribution in [0.2, 0.25) is 0 Å². The van der Waals surface area contributed by atoms with Crippen molar-refractivity contribution >= 4 is 5.95 Å². The Kier molecular flexibility index (Phi) is 4.21. The van der Waals surface area contributed by atoms with Crippen LogP contribution in [0.1, 0.15) is 5.56 Å². The Hall–Kier alpha value is -2.27. The summed E-state index contributed by atoms with van der Waals surface area (Å²) in [5.74, 6) is 0.785. The molecule has 2 heterocycles. The zero-order valence-corrected chi connectivity index (χ0v) is 11.9. The van der Waals surface area contributed by atoms with Crippen LogP contribution in [0.5, 0.6) is 0 Å². The molecule has 3 rings (SSSR count). The monoisotopic (exact) mass is 282 g/mol. The highest BCUT2D eigenvalue weighted by Crippen LogP contribution is 2.11. The maximum Gasteiger partial charge on any atom is 0.225 e. The first-order valence-corrected chi connectivity index (χ1v) is 7.15. The predicted octanol–water partition coefficient (Wildman–Crippen LogP) is 1.16. The molecule has 5 nitrogen and oxygen atoms in total. The van der Waals surface area contributed by atoms with E-state index in [0.717, 1.165) is 37.7 Å². The molecular weight excluding hydrogens is 264 g/mol. The lowest BCUT2D eigenvalue weighted by atomic mass is 10.2. The van der Waals surface area contributed by atoms with Gasteiger partial charge >= 0.3 is 0 Å². The molecule has 0 atom stereocenters. The minimum atomic E-state index is 0.105. The molecule has 0 spiro atoms. The number of aromatic nitrogens is 2. The summed E-state index contributed by atoms with van der Waals surface area (Å²) in [4.78, 5) is 25.0. The van der Waals surface area contributed by atoms with E-state index in [9.17, 15) is 4.79 Å². The second-order valence-electron chi connectivity index (χ2n) is 5.11. The van der Waals surface area contributed by atoms with Crippen molar-refractivity contribution in [1.29, 1.82) is 0 Å². The van der Waals surface area contributed by atoms with Crippen molar-refractivity contribution in [2.75, 3.05) is 31.1 Å². The van der Waals surface area contributed by atoms with E-state index in [1.54, 1.807) is 24.5 Å². The van der Waals surface area contributed by atoms with Crippen LogP contribution < -0.4 is 10.3 Å². The average Bonchev–Trinajstić information content (AvgIpc) is 2.74. The zero-order valence-electron chi connectivity index (χ0n) is 11.9. The van der Waals surface area contributed by atoms with Crippen LogP contribution in [0.15, 0.2) is 53.6 Å². The number of piperazine rings is 1. The maximum absolute atomic E-state index is 11.9. The first-order valence-electron chi connectivity index (χ1n) is 7.15. The van der Waals surface area contributed by atoms with Gasteiger partial charge in [-0.15, -0.1) is 0 Å². The van der Waals surface area contributed by atoms with Crippen LogP contribution in [0, 0.1) is 0 Å². The van der Waals surface area contributed by atoms with E-state index in [0.29, 0.717) is 6.54 Å². The van der Waals surface area contributed by atoms with Crippen molar-refractivity contribution in [2.24, 2.45) is 0 Å². The largest absolute Gasteiger partial charge is 0.338 e. The zero-order chi connectivity index (χ0) is 14.5. The van der Waals surface area contributed by atoms with Crippen molar-refractivity contribution in [1.82, 2.24) is 14.9 Å². The summed E-state index contributed by atoms with van der Waals surface area (Å²) >= 11 is 0. The number of nitrogens with zero attached hydrogens (tertiary/aromatic N) is 4. The lowest BCUT2D eigenvalue weighted by Gasteiger charge is -2.34. The van der Waals surface area contributed by atoms with Gasteiger partial charge in [0.05, 0.1) is 0 Å². The summed E-state index contributed by atoms with van der Waals surface area (Å²) in [6.07, 6.45) is 3.53. The quantitative estimate of drug-likeness (QED) is 0.845. The van der Waals surface area contributed by atoms with Crippen molar-refractivity contribution < 1.29 is 0 Å². The van der Waals surface area contributed by atoms with Gasteiger partial charge < -0.3 is 4.90 Å². The van der Waals surface area contributed by atoms with Gasteiger partial charge in [-0.05, 0) is 12.1 Å². The summed E-state index contributed by atoms with van der Waals surface area (Å²) < 4.78 is 0. The Labute approximate surface area is 123 Å². The van der Waals surface area contributed by atoms with Gasteiger partial charge in [0.15, 0.2) is 5.43 Å². The molecule has 1 aromatic carbocycles. The highest BCUT2D eigenvalue weighted by Gasteiger charge is 2.19. The lowest BCUT2D eigenvalue weighted by Crippen LogP contribution is -2.46. The number of anilines is 1. The molecule has 0 unspecified atom stereocenters. The highest BCUT2D eigenvalue weighted by molar-refractivity contribution is 5.29. The SMILES string of the molecule is O=c1cccccc1CN1CCN(c2ncccn2)CC1. The molecule has 1 fully saturated rings. The third kappa shape index (κ3) is 3.44. The molecule has 0 radical (unpaired) electrons. The summed E-state index contributed by atoms with van der Waals surface area (Å²) in [5.41, 5.74) is 0.957. The van der Waals surface area contributed by atoms with Crippen LogP contribution in [0.3, 0.4) is 0 Å². The minimum absolute atomic E-state index is 0.105. The van der Waals surface area contributed by atoms with Crippen LogP contribution >= 0.6 is 0 Å². The standard InChI is InChI=1S/C16H18N4O/c21-15-6-3-1-2-5-14(15)13-19-9-11-20(12-10-19)16-17-7-4-8-18-16/h1-8H,9-13H2. The smallest absolute Gasteiger partial charge is 0.225 e. The van der Waals surface area contributed by atoms with Crippen LogP contribution in [-0.4, -0.2) is 41.0 Å². The van der Waals surface area contributed by atoms with E-state index >= 15 is 0 Å². The van der Waals surface area contributed by atoms with Crippen molar-refractivity contribution in [3.63, 3.8) is 0 Å². The first-order chi connectivity index (χ1) is 10.3. The molecule has 5 heteroatoms. The van der Waals surface area contributed by atoms with Crippen LogP contribution in [0.25, 0.3) is 0 Å². The fraction of sp³-hybridized carbons (Fsp3) is 0.312. The number of hydrogen-bond donors (Lipinski definition) is 0. The predicted molar refractivity (Wildman–Crippen MR) is 82.2 cm³/mol. The van der Waals surface area contributed by atoms with Crippen molar-refractivity contribution in [3.8, 4) is 0 Å². The normalized spacial score (nSPS) is 15.9. The van der Waals surface area contributed by atoms with Gasteiger partial charge in [-0.2, -0.15) is 0 Å². The molecule has 21 heavy (non-hydrogen) atoms. The summed E-state index contributed by atoms with van der Waals surface area (Å²) in [5, 5.41) is 0. The average molecular weight is 282 g/mol. The maximum atomic E-state index is 11.9. The van der Waals surface area contributed by atoms with E-state index in [1.807, 2.05) is 24.3 Å². The fourth-order valence-corrected chi connectivity index (χ4v) is 2.50. The van der Waals surface area contributed by atoms with Gasteiger partial charge in [0.1, 0.15) is 0 Å². The molecule has 0 bridgehead atoms. The van der Waals surface area contributed by atoms with E-state index in [1.165, 1.54) is 0 Å². The number of hydrogen-bond acceptors (Lipinski definition) is 5. The van der Waals surface area contributed by atoms with Gasteiger partial charge in [0, 0.05) is 50.7 Å². The molecule has 0 saturated carbocycles. The molecule has 2 aromatic rings. The van der Waals surface area contributed by atoms with E-state index in [4.69, 9.17) is 0 Å². The molecule has 0 N–H and O–H groups in total. The first kappa shape index (κ1) is 13.7.